The molecule has 0 amide bonds. The first-order valence-corrected chi connectivity index (χ1v) is 9.72. The zero-order valence-corrected chi connectivity index (χ0v) is 16.2. The first-order chi connectivity index (χ1) is 14.3. The molecule has 1 spiro atoms. The molecule has 1 aliphatic heterocycles. The van der Waals surface area contributed by atoms with Crippen molar-refractivity contribution in [3.05, 3.63) is 54.1 Å². The predicted octanol–water partition coefficient (Wildman–Crippen LogP) is 4.61. The van der Waals surface area contributed by atoms with Gasteiger partial charge in [-0.25, -0.2) is 4.99 Å². The van der Waals surface area contributed by atoms with E-state index in [1.54, 1.807) is 30.3 Å². The molecule has 0 unspecified atom stereocenters. The minimum atomic E-state index is -4.63. The Morgan fingerprint density at radius 1 is 0.933 bits per heavy atom. The molecule has 0 saturated heterocycles. The summed E-state index contributed by atoms with van der Waals surface area (Å²) in [5, 5.41) is 0. The number of benzene rings is 2. The minimum Gasteiger partial charge on any atom is -0.457 e. The van der Waals surface area contributed by atoms with E-state index in [9.17, 15) is 13.2 Å². The third-order valence-corrected chi connectivity index (χ3v) is 5.34. The van der Waals surface area contributed by atoms with E-state index in [1.807, 2.05) is 0 Å². The molecular weight excluding hydrogens is 395 g/mol. The van der Waals surface area contributed by atoms with Crippen molar-refractivity contribution >= 4 is 17.6 Å². The quantitative estimate of drug-likeness (QED) is 0.763. The summed E-state index contributed by atoms with van der Waals surface area (Å²) in [4.78, 5) is 9.79. The van der Waals surface area contributed by atoms with Crippen molar-refractivity contribution in [3.63, 3.8) is 0 Å². The highest BCUT2D eigenvalue weighted by atomic mass is 19.4. The molecule has 0 aromatic heterocycles. The fourth-order valence-corrected chi connectivity index (χ4v) is 4.10. The average molecular weight is 417 g/mol. The van der Waals surface area contributed by atoms with Gasteiger partial charge in [0, 0.05) is 0 Å². The number of aliphatic imine (C=N–C) groups is 2. The van der Waals surface area contributed by atoms with Crippen LogP contribution in [-0.2, 0) is 6.18 Å². The molecule has 9 heteroatoms. The number of ether oxygens (including phenoxy) is 1. The molecule has 2 aromatic carbocycles. The first kappa shape index (κ1) is 20.1. The van der Waals surface area contributed by atoms with Gasteiger partial charge < -0.3 is 16.2 Å². The average Bonchev–Trinajstić information content (AvgIpc) is 2.69. The smallest absolute Gasteiger partial charge is 0.418 e. The van der Waals surface area contributed by atoms with E-state index in [0.717, 1.165) is 25.3 Å². The van der Waals surface area contributed by atoms with Crippen molar-refractivity contribution in [1.29, 1.82) is 0 Å². The van der Waals surface area contributed by atoms with Crippen LogP contribution in [0, 0.1) is 0 Å². The lowest BCUT2D eigenvalue weighted by Gasteiger charge is -2.46. The summed E-state index contributed by atoms with van der Waals surface area (Å²) in [6.07, 6.45) is -0.923. The molecule has 2 aliphatic rings. The molecule has 30 heavy (non-hydrogen) atoms. The van der Waals surface area contributed by atoms with Gasteiger partial charge in [0.25, 0.3) is 0 Å². The lowest BCUT2D eigenvalue weighted by Crippen LogP contribution is -2.58. The molecule has 4 N–H and O–H groups in total. The van der Waals surface area contributed by atoms with Crippen molar-refractivity contribution < 1.29 is 17.9 Å². The van der Waals surface area contributed by atoms with Gasteiger partial charge in [0.1, 0.15) is 17.2 Å². The summed E-state index contributed by atoms with van der Waals surface area (Å²) >= 11 is 0. The molecule has 2 aromatic rings. The highest BCUT2D eigenvalue weighted by Crippen LogP contribution is 2.45. The van der Waals surface area contributed by atoms with Gasteiger partial charge in [-0.2, -0.15) is 18.2 Å². The molecule has 1 fully saturated rings. The number of anilines is 1. The Balaban J connectivity index is 1.80. The molecule has 1 aliphatic carbocycles. The molecule has 0 radical (unpaired) electrons. The molecule has 158 valence electrons. The van der Waals surface area contributed by atoms with Crippen LogP contribution in [0.4, 0.5) is 18.9 Å². The summed E-state index contributed by atoms with van der Waals surface area (Å²) < 4.78 is 47.8. The lowest BCUT2D eigenvalue weighted by molar-refractivity contribution is -0.137. The van der Waals surface area contributed by atoms with Crippen molar-refractivity contribution in [2.75, 3.05) is 4.90 Å². The second-order valence-corrected chi connectivity index (χ2v) is 7.41. The molecule has 1 heterocycles. The van der Waals surface area contributed by atoms with E-state index in [4.69, 9.17) is 16.2 Å². The second-order valence-electron chi connectivity index (χ2n) is 7.41. The third-order valence-electron chi connectivity index (χ3n) is 5.34. The van der Waals surface area contributed by atoms with Crippen molar-refractivity contribution in [2.45, 2.75) is 43.9 Å². The lowest BCUT2D eigenvalue weighted by atomic mass is 9.87. The number of halogens is 3. The van der Waals surface area contributed by atoms with Crippen molar-refractivity contribution in [1.82, 2.24) is 0 Å². The van der Waals surface area contributed by atoms with E-state index in [1.165, 1.54) is 17.0 Å². The maximum absolute atomic E-state index is 14.1. The van der Waals surface area contributed by atoms with Gasteiger partial charge >= 0.3 is 6.18 Å². The van der Waals surface area contributed by atoms with Gasteiger partial charge in [-0.1, -0.05) is 24.6 Å². The molecule has 4 rings (SSSR count). The molecule has 6 nitrogen and oxygen atoms in total. The largest absolute Gasteiger partial charge is 0.457 e. The molecular formula is C21H22F3N5O. The molecule has 0 bridgehead atoms. The predicted molar refractivity (Wildman–Crippen MR) is 109 cm³/mol. The summed E-state index contributed by atoms with van der Waals surface area (Å²) in [7, 11) is 0. The fraction of sp³-hybridized carbons (Fsp3) is 0.333. The topological polar surface area (TPSA) is 89.2 Å². The van der Waals surface area contributed by atoms with Crippen LogP contribution in [0.2, 0.25) is 0 Å². The summed E-state index contributed by atoms with van der Waals surface area (Å²) in [6.45, 7) is 0. The second kappa shape index (κ2) is 7.55. The van der Waals surface area contributed by atoms with Gasteiger partial charge in [0.15, 0.2) is 0 Å². The Morgan fingerprint density at radius 3 is 2.30 bits per heavy atom. The summed E-state index contributed by atoms with van der Waals surface area (Å²) in [5.41, 5.74) is 9.98. The zero-order chi connectivity index (χ0) is 21.4. The standard InChI is InChI=1S/C21H22F3N5O/c22-21(23,24)16-13-15(30-14-7-3-1-4-8-14)9-10-17(16)29-19(26)27-18(25)28-20(29)11-5-2-6-12-20/h1,3-4,7-10,13H,2,5-6,11-12H2,(H4,25,26,27,28). The number of para-hydroxylation sites is 1. The van der Waals surface area contributed by atoms with Crippen molar-refractivity contribution in [3.8, 4) is 11.5 Å². The van der Waals surface area contributed by atoms with Gasteiger partial charge in [0.2, 0.25) is 11.9 Å². The van der Waals surface area contributed by atoms with E-state index in [0.29, 0.717) is 18.6 Å². The maximum atomic E-state index is 14.1. The Morgan fingerprint density at radius 2 is 1.63 bits per heavy atom. The highest BCUT2D eigenvalue weighted by molar-refractivity contribution is 6.06. The van der Waals surface area contributed by atoms with Crippen LogP contribution in [0.5, 0.6) is 11.5 Å². The Kier molecular flexibility index (Phi) is 5.05. The number of nitrogens with two attached hydrogens (primary N) is 2. The molecule has 0 atom stereocenters. The highest BCUT2D eigenvalue weighted by Gasteiger charge is 2.46. The number of nitrogens with zero attached hydrogens (tertiary/aromatic N) is 3. The number of rotatable bonds is 3. The normalized spacial score (nSPS) is 18.7. The summed E-state index contributed by atoms with van der Waals surface area (Å²) in [6, 6.07) is 12.5. The summed E-state index contributed by atoms with van der Waals surface area (Å²) in [5.74, 6) is 0.416. The van der Waals surface area contributed by atoms with Crippen LogP contribution in [-0.4, -0.2) is 17.6 Å². The number of hydrogen-bond donors (Lipinski definition) is 2. The van der Waals surface area contributed by atoms with Gasteiger partial charge in [-0.3, -0.25) is 4.90 Å². The van der Waals surface area contributed by atoms with Crippen LogP contribution in [0.25, 0.3) is 0 Å². The zero-order valence-electron chi connectivity index (χ0n) is 16.2. The van der Waals surface area contributed by atoms with Crippen LogP contribution in [0.15, 0.2) is 58.5 Å². The third kappa shape index (κ3) is 3.79. The van der Waals surface area contributed by atoms with Gasteiger partial charge in [-0.05, 0) is 56.0 Å². The SMILES string of the molecule is NC1=NC2(CCCCC2)N(c2ccc(Oc3ccccc3)cc2C(F)(F)F)C(N)=N1. The monoisotopic (exact) mass is 417 g/mol. The molecule has 1 saturated carbocycles. The number of alkyl halides is 3. The van der Waals surface area contributed by atoms with E-state index in [-0.39, 0.29) is 23.4 Å². The fourth-order valence-electron chi connectivity index (χ4n) is 4.10. The van der Waals surface area contributed by atoms with Crippen LogP contribution >= 0.6 is 0 Å². The van der Waals surface area contributed by atoms with Crippen LogP contribution in [0.1, 0.15) is 37.7 Å². The maximum Gasteiger partial charge on any atom is 0.418 e. The Hall–Kier alpha value is -3.23. The van der Waals surface area contributed by atoms with Gasteiger partial charge in [0.05, 0.1) is 11.3 Å². The van der Waals surface area contributed by atoms with E-state index < -0.39 is 17.4 Å². The van der Waals surface area contributed by atoms with Crippen LogP contribution in [0.3, 0.4) is 0 Å². The minimum absolute atomic E-state index is 0.0109. The number of guanidine groups is 2. The Bertz CT molecular complexity index is 982. The van der Waals surface area contributed by atoms with E-state index in [2.05, 4.69) is 9.98 Å². The van der Waals surface area contributed by atoms with Crippen molar-refractivity contribution in [2.24, 2.45) is 21.5 Å². The Labute approximate surface area is 172 Å². The van der Waals surface area contributed by atoms with Gasteiger partial charge in [-0.15, -0.1) is 0 Å². The van der Waals surface area contributed by atoms with E-state index >= 15 is 0 Å². The number of hydrogen-bond acceptors (Lipinski definition) is 6. The first-order valence-electron chi connectivity index (χ1n) is 9.72. The van der Waals surface area contributed by atoms with Crippen LogP contribution < -0.4 is 21.1 Å².